The van der Waals surface area contributed by atoms with Crippen LogP contribution in [0.25, 0.3) is 93.2 Å². The normalized spacial score (nSPS) is 11.7. The first kappa shape index (κ1) is 33.3. The highest BCUT2D eigenvalue weighted by molar-refractivity contribution is 6.28. The fraction of sp³-hybridized carbons (Fsp3) is 0. The zero-order valence-corrected chi connectivity index (χ0v) is 32.1. The number of aromatic nitrogens is 1. The molecule has 3 nitrogen and oxygen atoms in total. The van der Waals surface area contributed by atoms with Crippen molar-refractivity contribution in [3.8, 4) is 27.9 Å². The van der Waals surface area contributed by atoms with Gasteiger partial charge in [-0.05, 0) is 75.3 Å². The van der Waals surface area contributed by atoms with Crippen molar-refractivity contribution in [2.75, 3.05) is 4.90 Å². The minimum atomic E-state index is 0.867. The number of para-hydroxylation sites is 2. The largest absolute Gasteiger partial charge is 0.456 e. The van der Waals surface area contributed by atoms with Crippen molar-refractivity contribution in [3.05, 3.63) is 218 Å². The number of benzene rings is 10. The number of hydrogen-bond donors (Lipinski definition) is 0. The number of hydrogen-bond acceptors (Lipinski definition) is 2. The Hall–Kier alpha value is -7.88. The average molecular weight is 753 g/mol. The molecule has 0 N–H and O–H groups in total. The van der Waals surface area contributed by atoms with E-state index in [1.54, 1.807) is 0 Å². The van der Waals surface area contributed by atoms with Crippen LogP contribution in [0.4, 0.5) is 17.1 Å². The first-order valence-electron chi connectivity index (χ1n) is 20.2. The molecule has 59 heavy (non-hydrogen) atoms. The van der Waals surface area contributed by atoms with E-state index < -0.39 is 0 Å². The summed E-state index contributed by atoms with van der Waals surface area (Å²) >= 11 is 0. The molecule has 0 spiro atoms. The summed E-state index contributed by atoms with van der Waals surface area (Å²) in [7, 11) is 0. The highest BCUT2D eigenvalue weighted by Crippen LogP contribution is 2.50. The standard InChI is InChI=1S/C56H36N2O/c1-3-15-37(16-4-1)39-29-32-43(33-30-39)57(44-34-31-38-17-7-8-21-42(38)35-44)49-27-14-25-47-54-50(58(56(47)49)48-26-13-22-40-18-9-10-23-45(40)48)36-52-55(46-24-11-12-28-51(46)59-52)53(54)41-19-5-2-6-20-41/h1-36H. The van der Waals surface area contributed by atoms with Gasteiger partial charge in [-0.25, -0.2) is 0 Å². The predicted molar refractivity (Wildman–Crippen MR) is 249 cm³/mol. The van der Waals surface area contributed by atoms with Crippen LogP contribution in [0.15, 0.2) is 223 Å². The van der Waals surface area contributed by atoms with Crippen molar-refractivity contribution in [2.45, 2.75) is 0 Å². The summed E-state index contributed by atoms with van der Waals surface area (Å²) in [6.45, 7) is 0. The van der Waals surface area contributed by atoms with E-state index in [0.717, 1.165) is 61.3 Å². The van der Waals surface area contributed by atoms with Crippen LogP contribution in [-0.2, 0) is 0 Å². The lowest BCUT2D eigenvalue weighted by Gasteiger charge is -2.28. The van der Waals surface area contributed by atoms with E-state index >= 15 is 0 Å². The number of anilines is 3. The van der Waals surface area contributed by atoms with Crippen LogP contribution in [0, 0.1) is 0 Å². The first-order chi connectivity index (χ1) is 29.3. The molecule has 10 aromatic carbocycles. The van der Waals surface area contributed by atoms with Gasteiger partial charge in [0.05, 0.1) is 22.4 Å². The van der Waals surface area contributed by atoms with Crippen molar-refractivity contribution < 1.29 is 4.42 Å². The number of nitrogens with zero attached hydrogens (tertiary/aromatic N) is 2. The van der Waals surface area contributed by atoms with E-state index in [4.69, 9.17) is 4.42 Å². The molecule has 0 aliphatic carbocycles. The Bertz CT molecular complexity index is 3540. The lowest BCUT2D eigenvalue weighted by molar-refractivity contribution is 0.669. The molecule has 2 heterocycles. The topological polar surface area (TPSA) is 21.3 Å². The second-order valence-corrected chi connectivity index (χ2v) is 15.3. The molecular weight excluding hydrogens is 717 g/mol. The Balaban J connectivity index is 1.25. The molecule has 12 rings (SSSR count). The van der Waals surface area contributed by atoms with Gasteiger partial charge in [0.15, 0.2) is 0 Å². The van der Waals surface area contributed by atoms with Gasteiger partial charge in [0, 0.05) is 49.9 Å². The van der Waals surface area contributed by atoms with Gasteiger partial charge < -0.3 is 13.9 Å². The fourth-order valence-corrected chi connectivity index (χ4v) is 9.31. The van der Waals surface area contributed by atoms with E-state index in [9.17, 15) is 0 Å². The molecule has 0 bridgehead atoms. The summed E-state index contributed by atoms with van der Waals surface area (Å²) in [6, 6.07) is 78.7. The third kappa shape index (κ3) is 5.29. The van der Waals surface area contributed by atoms with Gasteiger partial charge in [0.2, 0.25) is 0 Å². The molecule has 0 unspecified atom stereocenters. The molecule has 0 fully saturated rings. The van der Waals surface area contributed by atoms with E-state index in [0.29, 0.717) is 0 Å². The highest BCUT2D eigenvalue weighted by Gasteiger charge is 2.27. The third-order valence-electron chi connectivity index (χ3n) is 11.9. The molecule has 12 aromatic rings. The third-order valence-corrected chi connectivity index (χ3v) is 11.9. The van der Waals surface area contributed by atoms with Crippen LogP contribution in [0.5, 0.6) is 0 Å². The monoisotopic (exact) mass is 752 g/mol. The van der Waals surface area contributed by atoms with E-state index in [2.05, 4.69) is 228 Å². The van der Waals surface area contributed by atoms with Crippen molar-refractivity contribution in [3.63, 3.8) is 0 Å². The Morgan fingerprint density at radius 2 is 0.983 bits per heavy atom. The van der Waals surface area contributed by atoms with Gasteiger partial charge in [-0.3, -0.25) is 0 Å². The summed E-state index contributed by atoms with van der Waals surface area (Å²) in [5.74, 6) is 0. The summed E-state index contributed by atoms with van der Waals surface area (Å²) in [5.41, 5.74) is 13.0. The van der Waals surface area contributed by atoms with Crippen molar-refractivity contribution in [2.24, 2.45) is 0 Å². The molecule has 0 saturated heterocycles. The maximum absolute atomic E-state index is 6.78. The SMILES string of the molecule is c1ccc(-c2ccc(N(c3ccc4ccccc4c3)c3cccc4c5c(-c6ccccc6)c6c(cc5n(-c5cccc7ccccc57)c34)oc3ccccc36)cc2)cc1. The second-order valence-electron chi connectivity index (χ2n) is 15.3. The molecule has 0 aliphatic rings. The van der Waals surface area contributed by atoms with Crippen LogP contribution < -0.4 is 4.90 Å². The maximum Gasteiger partial charge on any atom is 0.138 e. The van der Waals surface area contributed by atoms with Crippen molar-refractivity contribution in [1.29, 1.82) is 0 Å². The zero-order chi connectivity index (χ0) is 38.9. The van der Waals surface area contributed by atoms with Gasteiger partial charge in [-0.15, -0.1) is 0 Å². The molecule has 0 atom stereocenters. The smallest absolute Gasteiger partial charge is 0.138 e. The van der Waals surface area contributed by atoms with Crippen molar-refractivity contribution >= 4 is 82.4 Å². The summed E-state index contributed by atoms with van der Waals surface area (Å²) in [6.07, 6.45) is 0. The predicted octanol–water partition coefficient (Wildman–Crippen LogP) is 15.8. The van der Waals surface area contributed by atoms with Gasteiger partial charge >= 0.3 is 0 Å². The van der Waals surface area contributed by atoms with Gasteiger partial charge in [-0.2, -0.15) is 0 Å². The zero-order valence-electron chi connectivity index (χ0n) is 32.1. The van der Waals surface area contributed by atoms with Gasteiger partial charge in [0.1, 0.15) is 11.2 Å². The minimum Gasteiger partial charge on any atom is -0.456 e. The van der Waals surface area contributed by atoms with Crippen LogP contribution in [0.2, 0.25) is 0 Å². The molecule has 0 radical (unpaired) electrons. The van der Waals surface area contributed by atoms with Crippen LogP contribution >= 0.6 is 0 Å². The quantitative estimate of drug-likeness (QED) is 0.169. The summed E-state index contributed by atoms with van der Waals surface area (Å²) in [5, 5.41) is 9.37. The molecular formula is C56H36N2O. The van der Waals surface area contributed by atoms with E-state index in [1.807, 2.05) is 0 Å². The molecule has 0 aliphatic heterocycles. The van der Waals surface area contributed by atoms with E-state index in [-0.39, 0.29) is 0 Å². The Morgan fingerprint density at radius 1 is 0.373 bits per heavy atom. The van der Waals surface area contributed by atoms with Gasteiger partial charge in [0.25, 0.3) is 0 Å². The first-order valence-corrected chi connectivity index (χ1v) is 20.2. The lowest BCUT2D eigenvalue weighted by atomic mass is 9.94. The Morgan fingerprint density at radius 3 is 1.80 bits per heavy atom. The molecule has 0 amide bonds. The van der Waals surface area contributed by atoms with Gasteiger partial charge in [-0.1, -0.05) is 170 Å². The lowest BCUT2D eigenvalue weighted by Crippen LogP contribution is -2.11. The summed E-state index contributed by atoms with van der Waals surface area (Å²) in [4.78, 5) is 2.44. The maximum atomic E-state index is 6.78. The number of rotatable bonds is 6. The van der Waals surface area contributed by atoms with Crippen molar-refractivity contribution in [1.82, 2.24) is 4.57 Å². The minimum absolute atomic E-state index is 0.867. The summed E-state index contributed by atoms with van der Waals surface area (Å²) < 4.78 is 9.27. The Kier molecular flexibility index (Phi) is 7.54. The molecule has 276 valence electrons. The molecule has 0 saturated carbocycles. The fourth-order valence-electron chi connectivity index (χ4n) is 9.31. The van der Waals surface area contributed by atoms with E-state index in [1.165, 1.54) is 49.0 Å². The van der Waals surface area contributed by atoms with Crippen LogP contribution in [0.1, 0.15) is 0 Å². The second kappa shape index (κ2) is 13.4. The average Bonchev–Trinajstić information content (AvgIpc) is 3.84. The van der Waals surface area contributed by atoms with Crippen LogP contribution in [0.3, 0.4) is 0 Å². The number of furan rings is 1. The molecule has 2 aromatic heterocycles. The Labute approximate surface area is 341 Å². The van der Waals surface area contributed by atoms with Crippen LogP contribution in [-0.4, -0.2) is 4.57 Å². The molecule has 3 heteroatoms. The highest BCUT2D eigenvalue weighted by atomic mass is 16.3. The number of fused-ring (bicyclic) bond motifs is 8.